The molecule has 9 heavy (non-hydrogen) atoms. The molecule has 0 aromatic carbocycles. The molecule has 0 aromatic rings. The Morgan fingerprint density at radius 2 is 1.56 bits per heavy atom. The molecule has 0 fully saturated rings. The molecular weight excluding hydrogens is 108 g/mol. The third kappa shape index (κ3) is 7.74. The molecule has 0 saturated carbocycles. The Labute approximate surface area is 59.0 Å². The lowest BCUT2D eigenvalue weighted by Gasteiger charge is -2.11. The summed E-state index contributed by atoms with van der Waals surface area (Å²) in [6.07, 6.45) is 4.39. The molecule has 53 valence electrons. The van der Waals surface area contributed by atoms with Gasteiger partial charge in [-0.15, -0.1) is 0 Å². The molecule has 1 radical (unpaired) electrons. The molecule has 0 unspecified atom stereocenters. The van der Waals surface area contributed by atoms with E-state index >= 15 is 0 Å². The van der Waals surface area contributed by atoms with Gasteiger partial charge in [-0.2, -0.15) is 0 Å². The van der Waals surface area contributed by atoms with Crippen LogP contribution in [0.1, 0.15) is 34.6 Å². The summed E-state index contributed by atoms with van der Waals surface area (Å²) in [6, 6.07) is 0. The van der Waals surface area contributed by atoms with Crippen molar-refractivity contribution in [2.45, 2.75) is 34.6 Å². The maximum Gasteiger partial charge on any atom is -0.00890 e. The zero-order chi connectivity index (χ0) is 7.49. The van der Waals surface area contributed by atoms with Crippen LogP contribution in [0.4, 0.5) is 0 Å². The summed E-state index contributed by atoms with van der Waals surface area (Å²) in [6.45, 7) is 10.8. The van der Waals surface area contributed by atoms with Gasteiger partial charge in [-0.1, -0.05) is 46.8 Å². The largest absolute Gasteiger partial charge is 0.0826 e. The number of rotatable bonds is 1. The molecule has 0 aromatic heterocycles. The van der Waals surface area contributed by atoms with Crippen molar-refractivity contribution in [2.24, 2.45) is 5.41 Å². The number of allylic oxidation sites excluding steroid dienone is 2. The maximum absolute atomic E-state index is 2.22. The number of hydrogen-bond acceptors (Lipinski definition) is 0. The second-order valence-corrected chi connectivity index (χ2v) is 3.78. The molecule has 0 heterocycles. The first-order valence-corrected chi connectivity index (χ1v) is 3.41. The highest BCUT2D eigenvalue weighted by molar-refractivity contribution is 5.06. The predicted octanol–water partition coefficient (Wildman–Crippen LogP) is 3.20. The summed E-state index contributed by atoms with van der Waals surface area (Å²) >= 11 is 0. The first kappa shape index (κ1) is 8.74. The van der Waals surface area contributed by atoms with E-state index in [1.54, 1.807) is 0 Å². The maximum atomic E-state index is 2.22. The summed E-state index contributed by atoms with van der Waals surface area (Å²) < 4.78 is 0. The topological polar surface area (TPSA) is 0 Å². The van der Waals surface area contributed by atoms with Crippen LogP contribution in [0.3, 0.4) is 0 Å². The van der Waals surface area contributed by atoms with Crippen molar-refractivity contribution in [3.8, 4) is 0 Å². The molecule has 0 aliphatic carbocycles. The fourth-order valence-electron chi connectivity index (χ4n) is 0.417. The summed E-state index contributed by atoms with van der Waals surface area (Å²) in [5, 5.41) is 0. The van der Waals surface area contributed by atoms with E-state index in [-0.39, 0.29) is 0 Å². The highest BCUT2D eigenvalue weighted by atomic mass is 14.1. The molecule has 0 heteroatoms. The first-order valence-electron chi connectivity index (χ1n) is 3.41. The average Bonchev–Trinajstić information content (AvgIpc) is 1.59. The van der Waals surface area contributed by atoms with Gasteiger partial charge >= 0.3 is 0 Å². The standard InChI is InChI=1S/C9H17/c1-8(2)6-7-9(3,4)5/h6-7H,1-5H3. The van der Waals surface area contributed by atoms with Crippen molar-refractivity contribution in [3.63, 3.8) is 0 Å². The van der Waals surface area contributed by atoms with Crippen LogP contribution in [0.25, 0.3) is 0 Å². The van der Waals surface area contributed by atoms with Crippen LogP contribution in [0.15, 0.2) is 12.2 Å². The fourth-order valence-corrected chi connectivity index (χ4v) is 0.417. The second kappa shape index (κ2) is 3.05. The molecule has 0 atom stereocenters. The Morgan fingerprint density at radius 3 is 1.67 bits per heavy atom. The van der Waals surface area contributed by atoms with Crippen LogP contribution in [-0.4, -0.2) is 0 Å². The summed E-state index contributed by atoms with van der Waals surface area (Å²) in [4.78, 5) is 0. The van der Waals surface area contributed by atoms with Gasteiger partial charge in [0.1, 0.15) is 0 Å². The molecule has 0 rings (SSSR count). The van der Waals surface area contributed by atoms with Gasteiger partial charge in [0.25, 0.3) is 0 Å². The van der Waals surface area contributed by atoms with Crippen LogP contribution in [0.5, 0.6) is 0 Å². The van der Waals surface area contributed by atoms with Gasteiger partial charge < -0.3 is 0 Å². The smallest absolute Gasteiger partial charge is 0.00890 e. The Bertz CT molecular complexity index is 91.1. The van der Waals surface area contributed by atoms with Crippen LogP contribution in [0, 0.1) is 11.3 Å². The van der Waals surface area contributed by atoms with Crippen molar-refractivity contribution in [2.75, 3.05) is 0 Å². The molecule has 0 N–H and O–H groups in total. The van der Waals surface area contributed by atoms with Gasteiger partial charge in [-0.25, -0.2) is 0 Å². The van der Waals surface area contributed by atoms with Crippen molar-refractivity contribution < 1.29 is 0 Å². The third-order valence-electron chi connectivity index (χ3n) is 0.917. The van der Waals surface area contributed by atoms with E-state index in [1.807, 2.05) is 0 Å². The van der Waals surface area contributed by atoms with Crippen LogP contribution in [-0.2, 0) is 0 Å². The average molecular weight is 125 g/mol. The van der Waals surface area contributed by atoms with E-state index in [0.717, 1.165) is 0 Å². The first-order chi connectivity index (χ1) is 3.92. The summed E-state index contributed by atoms with van der Waals surface area (Å²) in [5.41, 5.74) is 0.331. The van der Waals surface area contributed by atoms with Crippen LogP contribution < -0.4 is 0 Å². The number of hydrogen-bond donors (Lipinski definition) is 0. The second-order valence-electron chi connectivity index (χ2n) is 3.78. The zero-order valence-electron chi connectivity index (χ0n) is 7.15. The Hall–Kier alpha value is -0.260. The highest BCUT2D eigenvalue weighted by Crippen LogP contribution is 2.15. The molecule has 0 aliphatic rings. The normalized spacial score (nSPS) is 13.6. The molecule has 0 saturated heterocycles. The van der Waals surface area contributed by atoms with Crippen molar-refractivity contribution in [3.05, 3.63) is 18.1 Å². The lowest BCUT2D eigenvalue weighted by atomic mass is 9.95. The molecule has 0 amide bonds. The Balaban J connectivity index is 3.71. The molecule has 0 nitrogen and oxygen atoms in total. The van der Waals surface area contributed by atoms with Gasteiger partial charge in [0.2, 0.25) is 0 Å². The van der Waals surface area contributed by atoms with Gasteiger partial charge in [-0.05, 0) is 11.3 Å². The minimum absolute atomic E-state index is 0.331. The fraction of sp³-hybridized carbons (Fsp3) is 0.667. The lowest BCUT2D eigenvalue weighted by Crippen LogP contribution is -1.98. The van der Waals surface area contributed by atoms with Crippen molar-refractivity contribution >= 4 is 0 Å². The Morgan fingerprint density at radius 1 is 1.11 bits per heavy atom. The summed E-state index contributed by atoms with van der Waals surface area (Å²) in [5.74, 6) is 1.37. The van der Waals surface area contributed by atoms with E-state index < -0.39 is 0 Å². The van der Waals surface area contributed by atoms with E-state index in [4.69, 9.17) is 0 Å². The van der Waals surface area contributed by atoms with E-state index in [2.05, 4.69) is 46.8 Å². The van der Waals surface area contributed by atoms with Gasteiger partial charge in [-0.3, -0.25) is 0 Å². The monoisotopic (exact) mass is 125 g/mol. The molecule has 0 spiro atoms. The quantitative estimate of drug-likeness (QED) is 0.505. The Kier molecular flexibility index (Phi) is 2.96. The van der Waals surface area contributed by atoms with Gasteiger partial charge in [0, 0.05) is 0 Å². The summed E-state index contributed by atoms with van der Waals surface area (Å²) in [7, 11) is 0. The minimum Gasteiger partial charge on any atom is -0.0826 e. The third-order valence-corrected chi connectivity index (χ3v) is 0.917. The van der Waals surface area contributed by atoms with Gasteiger partial charge in [0.05, 0.1) is 0 Å². The zero-order valence-corrected chi connectivity index (χ0v) is 7.15. The molecular formula is C9H17. The van der Waals surface area contributed by atoms with Crippen LogP contribution in [0.2, 0.25) is 0 Å². The van der Waals surface area contributed by atoms with Crippen molar-refractivity contribution in [1.29, 1.82) is 0 Å². The van der Waals surface area contributed by atoms with Crippen molar-refractivity contribution in [1.82, 2.24) is 0 Å². The molecule has 0 aliphatic heterocycles. The molecule has 0 bridgehead atoms. The highest BCUT2D eigenvalue weighted by Gasteiger charge is 2.02. The van der Waals surface area contributed by atoms with E-state index in [9.17, 15) is 0 Å². The SMILES string of the molecule is C[C](C)C=CC(C)(C)C. The predicted molar refractivity (Wildman–Crippen MR) is 43.2 cm³/mol. The lowest BCUT2D eigenvalue weighted by molar-refractivity contribution is 0.543. The van der Waals surface area contributed by atoms with E-state index in [0.29, 0.717) is 5.41 Å². The van der Waals surface area contributed by atoms with E-state index in [1.165, 1.54) is 5.92 Å². The van der Waals surface area contributed by atoms with Crippen LogP contribution >= 0.6 is 0 Å². The van der Waals surface area contributed by atoms with Gasteiger partial charge in [0.15, 0.2) is 0 Å². The minimum atomic E-state index is 0.331.